The molecular formula is C30H46N8. The topological polar surface area (TPSA) is 66.2 Å². The summed E-state index contributed by atoms with van der Waals surface area (Å²) < 4.78 is 1.99. The fraction of sp³-hybridized carbons (Fsp3) is 0.667. The molecule has 0 bridgehead atoms. The molecule has 0 saturated carbocycles. The molecule has 8 heteroatoms. The zero-order chi connectivity index (χ0) is 26.4. The summed E-state index contributed by atoms with van der Waals surface area (Å²) in [4.78, 5) is 20.9. The largest absolute Gasteiger partial charge is 0.357 e. The molecule has 0 aromatic carbocycles. The number of nitrogens with zero attached hydrogens (tertiary/aromatic N) is 8. The number of anilines is 2. The molecule has 3 saturated heterocycles. The SMILES string of the molecule is CCC.Cn1nc(N2CCC3(CCN(Cc4cncnc4)CC3)CC2)c2ccc(N3CCCCCC3)nc21. The lowest BCUT2D eigenvalue weighted by atomic mass is 9.71. The van der Waals surface area contributed by atoms with Gasteiger partial charge in [0.05, 0.1) is 5.39 Å². The third-order valence-electron chi connectivity index (χ3n) is 8.64. The smallest absolute Gasteiger partial charge is 0.162 e. The number of hydrogen-bond acceptors (Lipinski definition) is 7. The van der Waals surface area contributed by atoms with Gasteiger partial charge in [-0.05, 0) is 69.2 Å². The highest BCUT2D eigenvalue weighted by Gasteiger charge is 2.38. The number of piperidine rings is 2. The lowest BCUT2D eigenvalue weighted by Gasteiger charge is -2.47. The highest BCUT2D eigenvalue weighted by molar-refractivity contribution is 5.89. The first-order valence-corrected chi connectivity index (χ1v) is 14.9. The number of pyridine rings is 1. The Kier molecular flexibility index (Phi) is 8.77. The third-order valence-corrected chi connectivity index (χ3v) is 8.64. The van der Waals surface area contributed by atoms with Gasteiger partial charge in [0.15, 0.2) is 11.5 Å². The minimum Gasteiger partial charge on any atom is -0.357 e. The molecule has 3 aliphatic rings. The summed E-state index contributed by atoms with van der Waals surface area (Å²) in [5, 5.41) is 6.15. The van der Waals surface area contributed by atoms with Crippen LogP contribution in [0.25, 0.3) is 11.0 Å². The van der Waals surface area contributed by atoms with Crippen molar-refractivity contribution in [2.75, 3.05) is 49.1 Å². The van der Waals surface area contributed by atoms with Crippen molar-refractivity contribution in [1.29, 1.82) is 0 Å². The van der Waals surface area contributed by atoms with Crippen molar-refractivity contribution in [3.63, 3.8) is 0 Å². The van der Waals surface area contributed by atoms with Crippen LogP contribution in [0.5, 0.6) is 0 Å². The van der Waals surface area contributed by atoms with Crippen molar-refractivity contribution in [3.05, 3.63) is 36.4 Å². The van der Waals surface area contributed by atoms with E-state index in [0.717, 1.165) is 50.0 Å². The average molecular weight is 519 g/mol. The molecule has 38 heavy (non-hydrogen) atoms. The Morgan fingerprint density at radius 1 is 0.789 bits per heavy atom. The zero-order valence-electron chi connectivity index (χ0n) is 23.8. The Hall–Kier alpha value is -2.74. The summed E-state index contributed by atoms with van der Waals surface area (Å²) in [6.07, 6.45) is 17.1. The summed E-state index contributed by atoms with van der Waals surface area (Å²) in [7, 11) is 2.05. The van der Waals surface area contributed by atoms with Crippen molar-refractivity contribution in [1.82, 2.24) is 29.6 Å². The van der Waals surface area contributed by atoms with Crippen LogP contribution in [-0.4, -0.2) is 68.9 Å². The molecule has 3 aromatic heterocycles. The van der Waals surface area contributed by atoms with Crippen LogP contribution >= 0.6 is 0 Å². The Morgan fingerprint density at radius 3 is 2.08 bits per heavy atom. The molecule has 0 atom stereocenters. The van der Waals surface area contributed by atoms with Crippen molar-refractivity contribution >= 4 is 22.7 Å². The predicted octanol–water partition coefficient (Wildman–Crippen LogP) is 5.44. The Bertz CT molecular complexity index is 1130. The lowest BCUT2D eigenvalue weighted by molar-refractivity contribution is 0.0756. The van der Waals surface area contributed by atoms with Gasteiger partial charge in [0.1, 0.15) is 12.1 Å². The van der Waals surface area contributed by atoms with Gasteiger partial charge in [-0.3, -0.25) is 4.90 Å². The van der Waals surface area contributed by atoms with E-state index < -0.39 is 0 Å². The minimum absolute atomic E-state index is 0.489. The van der Waals surface area contributed by atoms with Crippen molar-refractivity contribution < 1.29 is 0 Å². The first-order valence-electron chi connectivity index (χ1n) is 14.9. The number of rotatable bonds is 4. The summed E-state index contributed by atoms with van der Waals surface area (Å²) in [5.41, 5.74) is 2.72. The summed E-state index contributed by atoms with van der Waals surface area (Å²) in [6.45, 7) is 12.0. The molecule has 3 fully saturated rings. The molecule has 0 aliphatic carbocycles. The maximum atomic E-state index is 5.07. The van der Waals surface area contributed by atoms with E-state index in [1.54, 1.807) is 6.33 Å². The molecule has 0 amide bonds. The van der Waals surface area contributed by atoms with Gasteiger partial charge in [0, 0.05) is 57.7 Å². The summed E-state index contributed by atoms with van der Waals surface area (Å²) >= 11 is 0. The fourth-order valence-electron chi connectivity index (χ4n) is 6.36. The Morgan fingerprint density at radius 2 is 1.42 bits per heavy atom. The minimum atomic E-state index is 0.489. The second-order valence-corrected chi connectivity index (χ2v) is 11.6. The Labute approximate surface area is 228 Å². The van der Waals surface area contributed by atoms with Crippen LogP contribution in [0.4, 0.5) is 11.6 Å². The average Bonchev–Trinajstić information content (AvgIpc) is 3.10. The van der Waals surface area contributed by atoms with Crippen LogP contribution in [0.3, 0.4) is 0 Å². The highest BCUT2D eigenvalue weighted by Crippen LogP contribution is 2.43. The molecule has 0 unspecified atom stereocenters. The molecule has 1 spiro atoms. The maximum Gasteiger partial charge on any atom is 0.162 e. The molecule has 206 valence electrons. The van der Waals surface area contributed by atoms with E-state index in [2.05, 4.69) is 50.6 Å². The fourth-order valence-corrected chi connectivity index (χ4v) is 6.36. The van der Waals surface area contributed by atoms with Gasteiger partial charge in [-0.25, -0.2) is 19.6 Å². The first kappa shape index (κ1) is 26.9. The molecule has 0 radical (unpaired) electrons. The van der Waals surface area contributed by atoms with Crippen LogP contribution < -0.4 is 9.80 Å². The van der Waals surface area contributed by atoms with Crippen LogP contribution in [0, 0.1) is 5.41 Å². The van der Waals surface area contributed by atoms with E-state index in [4.69, 9.17) is 10.1 Å². The van der Waals surface area contributed by atoms with Crippen molar-refractivity contribution in [2.45, 2.75) is 78.2 Å². The van der Waals surface area contributed by atoms with E-state index in [0.29, 0.717) is 5.41 Å². The van der Waals surface area contributed by atoms with Crippen molar-refractivity contribution in [3.8, 4) is 0 Å². The molecule has 3 aromatic rings. The third kappa shape index (κ3) is 6.11. The van der Waals surface area contributed by atoms with Gasteiger partial charge in [0.25, 0.3) is 0 Å². The first-order chi connectivity index (χ1) is 18.6. The van der Waals surface area contributed by atoms with Crippen molar-refractivity contribution in [2.24, 2.45) is 12.5 Å². The van der Waals surface area contributed by atoms with Gasteiger partial charge < -0.3 is 9.80 Å². The molecule has 6 heterocycles. The molecule has 3 aliphatic heterocycles. The monoisotopic (exact) mass is 518 g/mol. The highest BCUT2D eigenvalue weighted by atomic mass is 15.4. The molecular weight excluding hydrogens is 472 g/mol. The molecule has 6 rings (SSSR count). The lowest BCUT2D eigenvalue weighted by Crippen LogP contribution is -2.46. The number of aryl methyl sites for hydroxylation is 1. The van der Waals surface area contributed by atoms with Crippen LogP contribution in [-0.2, 0) is 13.6 Å². The summed E-state index contributed by atoms with van der Waals surface area (Å²) in [6, 6.07) is 4.48. The van der Waals surface area contributed by atoms with Gasteiger partial charge in [-0.15, -0.1) is 0 Å². The maximum absolute atomic E-state index is 5.07. The Balaban J connectivity index is 0.000000937. The van der Waals surface area contributed by atoms with Gasteiger partial charge in [-0.2, -0.15) is 5.10 Å². The van der Waals surface area contributed by atoms with Crippen LogP contribution in [0.1, 0.15) is 77.2 Å². The number of hydrogen-bond donors (Lipinski definition) is 0. The second kappa shape index (κ2) is 12.4. The standard InChI is InChI=1S/C27H38N8.C3H8/c1-32-25-23(6-7-24(30-25)34-12-4-2-3-5-13-34)26(31-32)35-16-10-27(11-17-35)8-14-33(15-9-27)20-22-18-28-21-29-19-22;1-3-2/h6-7,18-19,21H,2-5,8-17,20H2,1H3;3H2,1-2H3. The predicted molar refractivity (Wildman–Crippen MR) is 156 cm³/mol. The zero-order valence-corrected chi connectivity index (χ0v) is 23.8. The normalized spacial score (nSPS) is 20.3. The quantitative estimate of drug-likeness (QED) is 0.456. The van der Waals surface area contributed by atoms with E-state index in [1.807, 2.05) is 24.1 Å². The molecule has 8 nitrogen and oxygen atoms in total. The number of aromatic nitrogens is 5. The van der Waals surface area contributed by atoms with Gasteiger partial charge >= 0.3 is 0 Å². The molecule has 0 N–H and O–H groups in total. The van der Waals surface area contributed by atoms with Crippen LogP contribution in [0.15, 0.2) is 30.9 Å². The number of likely N-dealkylation sites (tertiary alicyclic amines) is 1. The van der Waals surface area contributed by atoms with E-state index in [1.165, 1.54) is 81.8 Å². The van der Waals surface area contributed by atoms with Gasteiger partial charge in [0.2, 0.25) is 0 Å². The van der Waals surface area contributed by atoms with Gasteiger partial charge in [-0.1, -0.05) is 33.1 Å². The van der Waals surface area contributed by atoms with E-state index in [9.17, 15) is 0 Å². The van der Waals surface area contributed by atoms with Crippen LogP contribution in [0.2, 0.25) is 0 Å². The second-order valence-electron chi connectivity index (χ2n) is 11.6. The summed E-state index contributed by atoms with van der Waals surface area (Å²) in [5.74, 6) is 2.23. The van der Waals surface area contributed by atoms with E-state index in [-0.39, 0.29) is 0 Å². The number of fused-ring (bicyclic) bond motifs is 1. The van der Waals surface area contributed by atoms with E-state index >= 15 is 0 Å².